The van der Waals surface area contributed by atoms with Gasteiger partial charge in [-0.15, -0.1) is 0 Å². The second kappa shape index (κ2) is 11.0. The first-order valence-electron chi connectivity index (χ1n) is 8.31. The van der Waals surface area contributed by atoms with Gasteiger partial charge < -0.3 is 5.32 Å². The van der Waals surface area contributed by atoms with Crippen molar-refractivity contribution in [2.24, 2.45) is 0 Å². The van der Waals surface area contributed by atoms with Gasteiger partial charge in [-0.2, -0.15) is 0 Å². The molecule has 21 heavy (non-hydrogen) atoms. The summed E-state index contributed by atoms with van der Waals surface area (Å²) in [5.41, 5.74) is 0.688. The predicted octanol–water partition coefficient (Wildman–Crippen LogP) is 6.27. The van der Waals surface area contributed by atoms with Crippen molar-refractivity contribution in [2.75, 3.05) is 7.05 Å². The zero-order valence-electron chi connectivity index (χ0n) is 13.4. The van der Waals surface area contributed by atoms with Gasteiger partial charge in [0.15, 0.2) is 0 Å². The van der Waals surface area contributed by atoms with Crippen LogP contribution in [0, 0.1) is 5.82 Å². The quantitative estimate of drug-likeness (QED) is 0.475. The minimum Gasteiger partial charge on any atom is -0.313 e. The van der Waals surface area contributed by atoms with E-state index in [1.165, 1.54) is 44.9 Å². The summed E-state index contributed by atoms with van der Waals surface area (Å²) in [5.74, 6) is -0.280. The Hall–Kier alpha value is -0.600. The van der Waals surface area contributed by atoms with Crippen LogP contribution >= 0.6 is 11.6 Å². The standard InChI is InChI=1S/C18H29ClFN/c1-3-4-5-6-7-8-9-10-14-17(21-2)15-12-11-13-16(19)18(15)20/h11-13,17,21H,3-10,14H2,1-2H3. The maximum atomic E-state index is 14.0. The molecule has 1 unspecified atom stereocenters. The first-order valence-corrected chi connectivity index (χ1v) is 8.69. The summed E-state index contributed by atoms with van der Waals surface area (Å²) in [6, 6.07) is 5.30. The third-order valence-corrected chi connectivity index (χ3v) is 4.34. The fraction of sp³-hybridized carbons (Fsp3) is 0.667. The predicted molar refractivity (Wildman–Crippen MR) is 90.4 cm³/mol. The highest BCUT2D eigenvalue weighted by Gasteiger charge is 2.15. The molecule has 120 valence electrons. The van der Waals surface area contributed by atoms with E-state index in [1.807, 2.05) is 19.2 Å². The number of hydrogen-bond donors (Lipinski definition) is 1. The molecule has 0 bridgehead atoms. The molecule has 0 aromatic heterocycles. The minimum atomic E-state index is -0.280. The average Bonchev–Trinajstić information content (AvgIpc) is 2.49. The van der Waals surface area contributed by atoms with E-state index in [9.17, 15) is 4.39 Å². The van der Waals surface area contributed by atoms with Crippen LogP contribution in [-0.4, -0.2) is 7.05 Å². The summed E-state index contributed by atoms with van der Waals surface area (Å²) < 4.78 is 14.0. The highest BCUT2D eigenvalue weighted by Crippen LogP contribution is 2.26. The molecule has 1 N–H and O–H groups in total. The number of unbranched alkanes of at least 4 members (excludes halogenated alkanes) is 7. The van der Waals surface area contributed by atoms with Crippen LogP contribution in [0.25, 0.3) is 0 Å². The van der Waals surface area contributed by atoms with Gasteiger partial charge in [-0.05, 0) is 19.5 Å². The lowest BCUT2D eigenvalue weighted by molar-refractivity contribution is 0.474. The Bertz CT molecular complexity index is 395. The van der Waals surface area contributed by atoms with Crippen molar-refractivity contribution in [3.63, 3.8) is 0 Å². The van der Waals surface area contributed by atoms with Gasteiger partial charge in [0.05, 0.1) is 5.02 Å². The van der Waals surface area contributed by atoms with E-state index in [-0.39, 0.29) is 16.9 Å². The summed E-state index contributed by atoms with van der Waals surface area (Å²) in [6.07, 6.45) is 11.3. The lowest BCUT2D eigenvalue weighted by Crippen LogP contribution is -2.17. The topological polar surface area (TPSA) is 12.0 Å². The fourth-order valence-electron chi connectivity index (χ4n) is 2.73. The molecule has 0 saturated carbocycles. The third-order valence-electron chi connectivity index (χ3n) is 4.05. The Morgan fingerprint density at radius 2 is 1.67 bits per heavy atom. The lowest BCUT2D eigenvalue weighted by atomic mass is 9.99. The molecule has 0 saturated heterocycles. The first kappa shape index (κ1) is 18.4. The largest absolute Gasteiger partial charge is 0.313 e. The van der Waals surface area contributed by atoms with Gasteiger partial charge in [0, 0.05) is 11.6 Å². The van der Waals surface area contributed by atoms with Crippen molar-refractivity contribution < 1.29 is 4.39 Å². The van der Waals surface area contributed by atoms with Crippen LogP contribution in [0.5, 0.6) is 0 Å². The van der Waals surface area contributed by atoms with Gasteiger partial charge >= 0.3 is 0 Å². The Balaban J connectivity index is 2.27. The summed E-state index contributed by atoms with van der Waals surface area (Å²) in [5, 5.41) is 3.42. The van der Waals surface area contributed by atoms with Crippen LogP contribution in [0.3, 0.4) is 0 Å². The van der Waals surface area contributed by atoms with E-state index in [0.29, 0.717) is 5.56 Å². The molecule has 0 aliphatic carbocycles. The van der Waals surface area contributed by atoms with Crippen LogP contribution in [0.2, 0.25) is 5.02 Å². The Labute approximate surface area is 134 Å². The Morgan fingerprint density at radius 1 is 1.05 bits per heavy atom. The summed E-state index contributed by atoms with van der Waals surface area (Å²) in [4.78, 5) is 0. The third kappa shape index (κ3) is 6.80. The molecular weight excluding hydrogens is 285 g/mol. The van der Waals surface area contributed by atoms with E-state index >= 15 is 0 Å². The zero-order chi connectivity index (χ0) is 15.5. The second-order valence-electron chi connectivity index (χ2n) is 5.75. The van der Waals surface area contributed by atoms with E-state index in [1.54, 1.807) is 6.07 Å². The molecule has 0 spiro atoms. The van der Waals surface area contributed by atoms with E-state index in [0.717, 1.165) is 12.8 Å². The van der Waals surface area contributed by atoms with E-state index < -0.39 is 0 Å². The normalized spacial score (nSPS) is 12.6. The molecule has 1 aromatic rings. The molecule has 1 rings (SSSR count). The summed E-state index contributed by atoms with van der Waals surface area (Å²) >= 11 is 5.86. The van der Waals surface area contributed by atoms with Crippen LogP contribution in [0.4, 0.5) is 4.39 Å². The molecule has 0 amide bonds. The minimum absolute atomic E-state index is 0.0591. The number of halogens is 2. The van der Waals surface area contributed by atoms with Gasteiger partial charge in [-0.1, -0.05) is 82.0 Å². The smallest absolute Gasteiger partial charge is 0.146 e. The lowest BCUT2D eigenvalue weighted by Gasteiger charge is -2.17. The van der Waals surface area contributed by atoms with Crippen LogP contribution in [-0.2, 0) is 0 Å². The molecule has 0 fully saturated rings. The SMILES string of the molecule is CCCCCCCCCCC(NC)c1cccc(Cl)c1F. The first-order chi connectivity index (χ1) is 10.2. The molecule has 3 heteroatoms. The summed E-state index contributed by atoms with van der Waals surface area (Å²) in [6.45, 7) is 2.24. The molecule has 1 aromatic carbocycles. The second-order valence-corrected chi connectivity index (χ2v) is 6.16. The molecule has 1 atom stereocenters. The van der Waals surface area contributed by atoms with Crippen molar-refractivity contribution in [1.29, 1.82) is 0 Å². The van der Waals surface area contributed by atoms with Gasteiger partial charge in [0.2, 0.25) is 0 Å². The van der Waals surface area contributed by atoms with Gasteiger partial charge in [-0.3, -0.25) is 0 Å². The summed E-state index contributed by atoms with van der Waals surface area (Å²) in [7, 11) is 1.88. The monoisotopic (exact) mass is 313 g/mol. The van der Waals surface area contributed by atoms with Crippen LogP contribution in [0.1, 0.15) is 76.3 Å². The van der Waals surface area contributed by atoms with Crippen LogP contribution < -0.4 is 5.32 Å². The van der Waals surface area contributed by atoms with Crippen molar-refractivity contribution in [1.82, 2.24) is 5.32 Å². The molecule has 0 aliphatic rings. The Kier molecular flexibility index (Phi) is 9.69. The average molecular weight is 314 g/mol. The maximum Gasteiger partial charge on any atom is 0.146 e. The number of rotatable bonds is 11. The van der Waals surface area contributed by atoms with Gasteiger partial charge in [0.1, 0.15) is 5.82 Å². The van der Waals surface area contributed by atoms with Crippen molar-refractivity contribution >= 4 is 11.6 Å². The maximum absolute atomic E-state index is 14.0. The highest BCUT2D eigenvalue weighted by molar-refractivity contribution is 6.30. The fourth-order valence-corrected chi connectivity index (χ4v) is 2.91. The van der Waals surface area contributed by atoms with E-state index in [2.05, 4.69) is 12.2 Å². The molecular formula is C18H29ClFN. The van der Waals surface area contributed by atoms with Crippen molar-refractivity contribution in [2.45, 2.75) is 70.8 Å². The number of nitrogens with one attached hydrogen (secondary N) is 1. The van der Waals surface area contributed by atoms with Crippen molar-refractivity contribution in [3.05, 3.63) is 34.6 Å². The highest BCUT2D eigenvalue weighted by atomic mass is 35.5. The zero-order valence-corrected chi connectivity index (χ0v) is 14.2. The van der Waals surface area contributed by atoms with Gasteiger partial charge in [-0.25, -0.2) is 4.39 Å². The molecule has 0 radical (unpaired) electrons. The Morgan fingerprint density at radius 3 is 2.29 bits per heavy atom. The van der Waals surface area contributed by atoms with Gasteiger partial charge in [0.25, 0.3) is 0 Å². The van der Waals surface area contributed by atoms with Crippen molar-refractivity contribution in [3.8, 4) is 0 Å². The molecule has 0 heterocycles. The van der Waals surface area contributed by atoms with E-state index in [4.69, 9.17) is 11.6 Å². The van der Waals surface area contributed by atoms with Crippen LogP contribution in [0.15, 0.2) is 18.2 Å². The molecule has 1 nitrogen and oxygen atoms in total. The molecule has 0 aliphatic heterocycles. The number of benzene rings is 1. The number of hydrogen-bond acceptors (Lipinski definition) is 1.